The van der Waals surface area contributed by atoms with Gasteiger partial charge in [-0.2, -0.15) is 0 Å². The summed E-state index contributed by atoms with van der Waals surface area (Å²) in [5, 5.41) is 2.63. The van der Waals surface area contributed by atoms with E-state index in [1.54, 1.807) is 38.1 Å². The Bertz CT molecular complexity index is 382. The van der Waals surface area contributed by atoms with Crippen LogP contribution in [0.5, 0.6) is 5.75 Å². The van der Waals surface area contributed by atoms with Crippen molar-refractivity contribution < 1.29 is 14.3 Å². The molecular weight excluding hydrogens is 206 g/mol. The molecule has 0 aliphatic carbocycles. The molecule has 4 heteroatoms. The molecule has 0 saturated carbocycles. The van der Waals surface area contributed by atoms with Crippen LogP contribution >= 0.6 is 0 Å². The van der Waals surface area contributed by atoms with Gasteiger partial charge in [0.2, 0.25) is 5.91 Å². The lowest BCUT2D eigenvalue weighted by atomic mass is 10.2. The zero-order valence-electron chi connectivity index (χ0n) is 9.61. The summed E-state index contributed by atoms with van der Waals surface area (Å²) in [7, 11) is 0. The van der Waals surface area contributed by atoms with Crippen LogP contribution in [0.25, 0.3) is 0 Å². The third-order valence-corrected chi connectivity index (χ3v) is 1.86. The summed E-state index contributed by atoms with van der Waals surface area (Å²) in [4.78, 5) is 22.1. The number of amides is 1. The van der Waals surface area contributed by atoms with Crippen molar-refractivity contribution in [2.45, 2.75) is 20.8 Å². The van der Waals surface area contributed by atoms with Crippen molar-refractivity contribution in [1.29, 1.82) is 0 Å². The van der Waals surface area contributed by atoms with Crippen LogP contribution in [0, 0.1) is 5.92 Å². The summed E-state index contributed by atoms with van der Waals surface area (Å²) in [6, 6.07) is 6.66. The van der Waals surface area contributed by atoms with E-state index in [-0.39, 0.29) is 17.8 Å². The van der Waals surface area contributed by atoms with Gasteiger partial charge in [0.05, 0.1) is 5.92 Å². The van der Waals surface area contributed by atoms with Crippen molar-refractivity contribution in [2.24, 2.45) is 5.92 Å². The van der Waals surface area contributed by atoms with E-state index in [4.69, 9.17) is 4.74 Å². The Hall–Kier alpha value is -1.84. The number of carbonyl (C=O) groups excluding carboxylic acids is 2. The topological polar surface area (TPSA) is 55.4 Å². The van der Waals surface area contributed by atoms with Crippen molar-refractivity contribution in [3.05, 3.63) is 24.3 Å². The van der Waals surface area contributed by atoms with Crippen LogP contribution in [0.3, 0.4) is 0 Å². The summed E-state index contributed by atoms with van der Waals surface area (Å²) in [5.41, 5.74) is 0.678. The second-order valence-corrected chi connectivity index (χ2v) is 3.78. The average molecular weight is 221 g/mol. The third-order valence-electron chi connectivity index (χ3n) is 1.86. The van der Waals surface area contributed by atoms with Gasteiger partial charge < -0.3 is 10.1 Å². The molecule has 0 aromatic heterocycles. The number of nitrogens with one attached hydrogen (secondary N) is 1. The molecule has 0 radical (unpaired) electrons. The Labute approximate surface area is 94.6 Å². The number of anilines is 1. The first kappa shape index (κ1) is 12.2. The van der Waals surface area contributed by atoms with Crippen molar-refractivity contribution in [3.8, 4) is 5.75 Å². The number of rotatable bonds is 3. The summed E-state index contributed by atoms with van der Waals surface area (Å²) < 4.78 is 5.08. The first-order chi connectivity index (χ1) is 7.49. The molecule has 0 heterocycles. The van der Waals surface area contributed by atoms with Gasteiger partial charge in [-0.05, 0) is 24.3 Å². The first-order valence-electron chi connectivity index (χ1n) is 5.08. The molecule has 0 aliphatic heterocycles. The maximum absolute atomic E-state index is 11.3. The Morgan fingerprint density at radius 2 is 1.75 bits per heavy atom. The number of benzene rings is 1. The van der Waals surface area contributed by atoms with Crippen LogP contribution in [0.2, 0.25) is 0 Å². The van der Waals surface area contributed by atoms with E-state index in [0.717, 1.165) is 0 Å². The zero-order valence-corrected chi connectivity index (χ0v) is 9.61. The highest BCUT2D eigenvalue weighted by molar-refractivity contribution is 5.88. The molecule has 4 nitrogen and oxygen atoms in total. The molecule has 1 aromatic carbocycles. The van der Waals surface area contributed by atoms with Crippen LogP contribution in [0.1, 0.15) is 20.8 Å². The monoisotopic (exact) mass is 221 g/mol. The minimum absolute atomic E-state index is 0.132. The van der Waals surface area contributed by atoms with Gasteiger partial charge in [0.1, 0.15) is 5.75 Å². The van der Waals surface area contributed by atoms with Gasteiger partial charge in [0, 0.05) is 12.6 Å². The molecular formula is C12H15NO3. The highest BCUT2D eigenvalue weighted by Gasteiger charge is 2.09. The second kappa shape index (κ2) is 5.30. The molecule has 16 heavy (non-hydrogen) atoms. The predicted molar refractivity (Wildman–Crippen MR) is 61.2 cm³/mol. The van der Waals surface area contributed by atoms with E-state index >= 15 is 0 Å². The Balaban J connectivity index is 2.64. The number of ether oxygens (including phenoxy) is 1. The number of carbonyl (C=O) groups is 2. The standard InChI is InChI=1S/C12H15NO3/c1-8(2)12(15)16-11-6-4-10(5-7-11)13-9(3)14/h4-8H,1-3H3,(H,13,14). The van der Waals surface area contributed by atoms with Crippen molar-refractivity contribution in [1.82, 2.24) is 0 Å². The van der Waals surface area contributed by atoms with Gasteiger partial charge in [-0.15, -0.1) is 0 Å². The van der Waals surface area contributed by atoms with Crippen molar-refractivity contribution in [3.63, 3.8) is 0 Å². The van der Waals surface area contributed by atoms with Crippen LogP contribution in [0.15, 0.2) is 24.3 Å². The smallest absolute Gasteiger partial charge is 0.313 e. The Kier molecular flexibility index (Phi) is 4.05. The molecule has 0 atom stereocenters. The normalized spacial score (nSPS) is 10.0. The van der Waals surface area contributed by atoms with Gasteiger partial charge in [-0.3, -0.25) is 9.59 Å². The van der Waals surface area contributed by atoms with Crippen LogP contribution < -0.4 is 10.1 Å². The molecule has 0 saturated heterocycles. The van der Waals surface area contributed by atoms with Crippen molar-refractivity contribution >= 4 is 17.6 Å². The molecule has 0 bridgehead atoms. The highest BCUT2D eigenvalue weighted by Crippen LogP contribution is 2.16. The van der Waals surface area contributed by atoms with E-state index in [0.29, 0.717) is 11.4 Å². The maximum Gasteiger partial charge on any atom is 0.313 e. The zero-order chi connectivity index (χ0) is 12.1. The van der Waals surface area contributed by atoms with Crippen LogP contribution in [-0.2, 0) is 9.59 Å². The molecule has 0 aliphatic rings. The van der Waals surface area contributed by atoms with Gasteiger partial charge >= 0.3 is 5.97 Å². The van der Waals surface area contributed by atoms with Gasteiger partial charge in [0.25, 0.3) is 0 Å². The van der Waals surface area contributed by atoms with Crippen LogP contribution in [-0.4, -0.2) is 11.9 Å². The summed E-state index contributed by atoms with van der Waals surface area (Å²) in [6.45, 7) is 4.98. The minimum atomic E-state index is -0.271. The fraction of sp³-hybridized carbons (Fsp3) is 0.333. The lowest BCUT2D eigenvalue weighted by Gasteiger charge is -2.07. The third kappa shape index (κ3) is 3.73. The summed E-state index contributed by atoms with van der Waals surface area (Å²) in [5.74, 6) is -0.0815. The fourth-order valence-corrected chi connectivity index (χ4v) is 1.04. The van der Waals surface area contributed by atoms with E-state index in [1.807, 2.05) is 0 Å². The van der Waals surface area contributed by atoms with Crippen molar-refractivity contribution in [2.75, 3.05) is 5.32 Å². The van der Waals surface area contributed by atoms with Gasteiger partial charge in [-0.25, -0.2) is 0 Å². The van der Waals surface area contributed by atoms with E-state index in [1.165, 1.54) is 6.92 Å². The molecule has 1 amide bonds. The number of esters is 1. The van der Waals surface area contributed by atoms with Gasteiger partial charge in [-0.1, -0.05) is 13.8 Å². The Morgan fingerprint density at radius 1 is 1.19 bits per heavy atom. The summed E-state index contributed by atoms with van der Waals surface area (Å²) >= 11 is 0. The molecule has 1 N–H and O–H groups in total. The SMILES string of the molecule is CC(=O)Nc1ccc(OC(=O)C(C)C)cc1. The largest absolute Gasteiger partial charge is 0.426 e. The minimum Gasteiger partial charge on any atom is -0.426 e. The molecule has 1 aromatic rings. The Morgan fingerprint density at radius 3 is 2.19 bits per heavy atom. The van der Waals surface area contributed by atoms with Gasteiger partial charge in [0.15, 0.2) is 0 Å². The first-order valence-corrected chi connectivity index (χ1v) is 5.08. The lowest BCUT2D eigenvalue weighted by Crippen LogP contribution is -2.14. The molecule has 0 unspecified atom stereocenters. The van der Waals surface area contributed by atoms with E-state index < -0.39 is 0 Å². The fourth-order valence-electron chi connectivity index (χ4n) is 1.04. The number of hydrogen-bond donors (Lipinski definition) is 1. The summed E-state index contributed by atoms with van der Waals surface area (Å²) in [6.07, 6.45) is 0. The molecule has 0 spiro atoms. The predicted octanol–water partition coefficient (Wildman–Crippen LogP) is 2.21. The van der Waals surface area contributed by atoms with E-state index in [2.05, 4.69) is 5.32 Å². The number of hydrogen-bond acceptors (Lipinski definition) is 3. The quantitative estimate of drug-likeness (QED) is 0.629. The molecule has 86 valence electrons. The lowest BCUT2D eigenvalue weighted by molar-refractivity contribution is -0.137. The highest BCUT2D eigenvalue weighted by atomic mass is 16.5. The molecule has 0 fully saturated rings. The van der Waals surface area contributed by atoms with Crippen LogP contribution in [0.4, 0.5) is 5.69 Å². The van der Waals surface area contributed by atoms with E-state index in [9.17, 15) is 9.59 Å². The maximum atomic E-state index is 11.3. The molecule has 1 rings (SSSR count). The average Bonchev–Trinajstić information content (AvgIpc) is 2.20. The second-order valence-electron chi connectivity index (χ2n) is 3.78.